The predicted molar refractivity (Wildman–Crippen MR) is 119 cm³/mol. The van der Waals surface area contributed by atoms with Crippen LogP contribution < -0.4 is 24.4 Å². The highest BCUT2D eigenvalue weighted by Crippen LogP contribution is 2.32. The molecule has 10 heteroatoms. The summed E-state index contributed by atoms with van der Waals surface area (Å²) in [6.45, 7) is 0. The highest BCUT2D eigenvalue weighted by molar-refractivity contribution is 6.39. The number of carbonyl (C=O) groups is 4. The first-order valence-corrected chi connectivity index (χ1v) is 9.91. The van der Waals surface area contributed by atoms with Crippen molar-refractivity contribution in [3.63, 3.8) is 0 Å². The van der Waals surface area contributed by atoms with E-state index >= 15 is 0 Å². The Bertz CT molecular complexity index is 1310. The van der Waals surface area contributed by atoms with Gasteiger partial charge in [-0.1, -0.05) is 18.2 Å². The van der Waals surface area contributed by atoms with Gasteiger partial charge in [-0.3, -0.25) is 14.9 Å². The van der Waals surface area contributed by atoms with E-state index in [4.69, 9.17) is 18.6 Å². The van der Waals surface area contributed by atoms with E-state index in [1.807, 2.05) is 0 Å². The molecule has 4 rings (SSSR count). The van der Waals surface area contributed by atoms with Gasteiger partial charge in [-0.05, 0) is 48.0 Å². The van der Waals surface area contributed by atoms with Crippen LogP contribution in [0.1, 0.15) is 16.1 Å². The van der Waals surface area contributed by atoms with Crippen molar-refractivity contribution in [3.05, 3.63) is 77.8 Å². The SMILES string of the molecule is COc1cc(C=C2C(=O)NC(=O)N(c3ccccc3OC)C2=O)ccc1OC(=O)c1ccco1. The number of hydrogen-bond donors (Lipinski definition) is 1. The lowest BCUT2D eigenvalue weighted by atomic mass is 10.1. The van der Waals surface area contributed by atoms with E-state index in [1.165, 1.54) is 56.9 Å². The van der Waals surface area contributed by atoms with E-state index in [1.54, 1.807) is 24.3 Å². The van der Waals surface area contributed by atoms with Crippen LogP contribution in [-0.4, -0.2) is 38.0 Å². The molecule has 2 aromatic carbocycles. The number of urea groups is 1. The molecule has 0 bridgehead atoms. The van der Waals surface area contributed by atoms with Gasteiger partial charge in [-0.15, -0.1) is 0 Å². The zero-order chi connectivity index (χ0) is 24.2. The van der Waals surface area contributed by atoms with E-state index in [0.717, 1.165) is 4.90 Å². The van der Waals surface area contributed by atoms with Crippen molar-refractivity contribution < 1.29 is 37.8 Å². The molecule has 34 heavy (non-hydrogen) atoms. The van der Waals surface area contributed by atoms with E-state index < -0.39 is 23.8 Å². The fourth-order valence-corrected chi connectivity index (χ4v) is 3.26. The molecule has 172 valence electrons. The van der Waals surface area contributed by atoms with Gasteiger partial charge in [-0.25, -0.2) is 14.5 Å². The van der Waals surface area contributed by atoms with Crippen molar-refractivity contribution in [1.29, 1.82) is 0 Å². The lowest BCUT2D eigenvalue weighted by Gasteiger charge is -2.27. The standard InChI is InChI=1S/C24H18N2O8/c1-31-17-7-4-3-6-16(17)26-22(28)15(21(27)25-24(26)30)12-14-9-10-18(20(13-14)32-2)34-23(29)19-8-5-11-33-19/h3-13H,1-2H3,(H,25,27,30). The molecule has 0 unspecified atom stereocenters. The summed E-state index contributed by atoms with van der Waals surface area (Å²) in [6, 6.07) is 13.0. The van der Waals surface area contributed by atoms with Gasteiger partial charge in [-0.2, -0.15) is 0 Å². The molecule has 4 amide bonds. The topological polar surface area (TPSA) is 124 Å². The molecule has 0 aliphatic carbocycles. The number of benzene rings is 2. The number of methoxy groups -OCH3 is 2. The number of ether oxygens (including phenoxy) is 3. The van der Waals surface area contributed by atoms with Gasteiger partial charge >= 0.3 is 12.0 Å². The third-order valence-corrected chi connectivity index (χ3v) is 4.85. The van der Waals surface area contributed by atoms with Crippen LogP contribution in [0, 0.1) is 0 Å². The minimum absolute atomic E-state index is 0.0128. The summed E-state index contributed by atoms with van der Waals surface area (Å²) in [5.41, 5.74) is 0.291. The Labute approximate surface area is 193 Å². The Morgan fingerprint density at radius 2 is 1.71 bits per heavy atom. The van der Waals surface area contributed by atoms with Crippen molar-refractivity contribution in [2.45, 2.75) is 0 Å². The van der Waals surface area contributed by atoms with Crippen molar-refractivity contribution in [2.24, 2.45) is 0 Å². The zero-order valence-electron chi connectivity index (χ0n) is 18.1. The molecular formula is C24H18N2O8. The molecule has 0 saturated carbocycles. The van der Waals surface area contributed by atoms with Crippen molar-refractivity contribution in [2.75, 3.05) is 19.1 Å². The highest BCUT2D eigenvalue weighted by Gasteiger charge is 2.38. The first-order valence-electron chi connectivity index (χ1n) is 9.91. The van der Waals surface area contributed by atoms with Gasteiger partial charge in [0.2, 0.25) is 5.76 Å². The van der Waals surface area contributed by atoms with Crippen LogP contribution >= 0.6 is 0 Å². The predicted octanol–water partition coefficient (Wildman–Crippen LogP) is 3.18. The molecule has 1 N–H and O–H groups in total. The number of amides is 4. The molecule has 1 aliphatic heterocycles. The van der Waals surface area contributed by atoms with Crippen LogP contribution in [0.5, 0.6) is 17.2 Å². The molecule has 1 saturated heterocycles. The summed E-state index contributed by atoms with van der Waals surface area (Å²) in [5, 5.41) is 2.15. The normalized spacial score (nSPS) is 14.7. The molecule has 1 aliphatic rings. The first-order chi connectivity index (χ1) is 16.4. The zero-order valence-corrected chi connectivity index (χ0v) is 18.1. The van der Waals surface area contributed by atoms with Crippen LogP contribution in [-0.2, 0) is 9.59 Å². The Balaban J connectivity index is 1.65. The Kier molecular flexibility index (Phi) is 6.13. The molecule has 0 spiro atoms. The van der Waals surface area contributed by atoms with Crippen molar-refractivity contribution in [1.82, 2.24) is 5.32 Å². The number of anilines is 1. The second-order valence-corrected chi connectivity index (χ2v) is 6.91. The van der Waals surface area contributed by atoms with Gasteiger partial charge in [0.25, 0.3) is 11.8 Å². The Morgan fingerprint density at radius 1 is 0.941 bits per heavy atom. The van der Waals surface area contributed by atoms with Gasteiger partial charge in [0.1, 0.15) is 11.3 Å². The number of hydrogen-bond acceptors (Lipinski definition) is 8. The van der Waals surface area contributed by atoms with Crippen LogP contribution in [0.4, 0.5) is 10.5 Å². The molecule has 2 heterocycles. The molecular weight excluding hydrogens is 444 g/mol. The van der Waals surface area contributed by atoms with Crippen LogP contribution in [0.15, 0.2) is 70.9 Å². The largest absolute Gasteiger partial charge is 0.495 e. The summed E-state index contributed by atoms with van der Waals surface area (Å²) in [6.07, 6.45) is 2.64. The number of esters is 1. The van der Waals surface area contributed by atoms with Gasteiger partial charge < -0.3 is 18.6 Å². The molecule has 0 atom stereocenters. The summed E-state index contributed by atoms with van der Waals surface area (Å²) in [7, 11) is 2.77. The minimum atomic E-state index is -0.894. The van der Waals surface area contributed by atoms with Gasteiger partial charge in [0.15, 0.2) is 11.5 Å². The number of rotatable bonds is 6. The Hall–Kier alpha value is -4.86. The highest BCUT2D eigenvalue weighted by atomic mass is 16.6. The minimum Gasteiger partial charge on any atom is -0.495 e. The van der Waals surface area contributed by atoms with Crippen LogP contribution in [0.25, 0.3) is 6.08 Å². The van der Waals surface area contributed by atoms with Crippen LogP contribution in [0.3, 0.4) is 0 Å². The monoisotopic (exact) mass is 462 g/mol. The lowest BCUT2D eigenvalue weighted by Crippen LogP contribution is -2.54. The fourth-order valence-electron chi connectivity index (χ4n) is 3.26. The summed E-state index contributed by atoms with van der Waals surface area (Å²) in [4.78, 5) is 51.0. The van der Waals surface area contributed by atoms with E-state index in [9.17, 15) is 19.2 Å². The van der Waals surface area contributed by atoms with Crippen molar-refractivity contribution in [3.8, 4) is 17.2 Å². The maximum atomic E-state index is 13.1. The number of nitrogens with zero attached hydrogens (tertiary/aromatic N) is 1. The van der Waals surface area contributed by atoms with E-state index in [-0.39, 0.29) is 34.3 Å². The quantitative estimate of drug-likeness (QED) is 0.256. The summed E-state index contributed by atoms with van der Waals surface area (Å²) >= 11 is 0. The summed E-state index contributed by atoms with van der Waals surface area (Å²) < 4.78 is 20.8. The molecule has 1 aromatic heterocycles. The molecule has 10 nitrogen and oxygen atoms in total. The molecule has 3 aromatic rings. The number of para-hydroxylation sites is 2. The molecule has 1 fully saturated rings. The second kappa shape index (κ2) is 9.33. The number of imide groups is 2. The number of carbonyl (C=O) groups excluding carboxylic acids is 4. The third-order valence-electron chi connectivity index (χ3n) is 4.85. The fraction of sp³-hybridized carbons (Fsp3) is 0.0833. The van der Waals surface area contributed by atoms with Crippen molar-refractivity contribution >= 4 is 35.6 Å². The van der Waals surface area contributed by atoms with E-state index in [0.29, 0.717) is 5.56 Å². The smallest absolute Gasteiger partial charge is 0.379 e. The number of barbiturate groups is 1. The van der Waals surface area contributed by atoms with Gasteiger partial charge in [0.05, 0.1) is 26.2 Å². The number of nitrogens with one attached hydrogen (secondary N) is 1. The second-order valence-electron chi connectivity index (χ2n) is 6.91. The van der Waals surface area contributed by atoms with Crippen LogP contribution in [0.2, 0.25) is 0 Å². The lowest BCUT2D eigenvalue weighted by molar-refractivity contribution is -0.122. The Morgan fingerprint density at radius 3 is 2.41 bits per heavy atom. The van der Waals surface area contributed by atoms with Gasteiger partial charge in [0, 0.05) is 0 Å². The third kappa shape index (κ3) is 4.24. The summed E-state index contributed by atoms with van der Waals surface area (Å²) in [5.74, 6) is -1.82. The average Bonchev–Trinajstić information content (AvgIpc) is 3.38. The average molecular weight is 462 g/mol. The maximum absolute atomic E-state index is 13.1. The van der Waals surface area contributed by atoms with E-state index in [2.05, 4.69) is 5.32 Å². The first kappa shape index (κ1) is 22.3. The number of furan rings is 1. The molecule has 0 radical (unpaired) electrons. The maximum Gasteiger partial charge on any atom is 0.379 e.